The molecule has 0 aliphatic carbocycles. The molecule has 1 aliphatic heterocycles. The van der Waals surface area contributed by atoms with Gasteiger partial charge >= 0.3 is 0 Å². The first kappa shape index (κ1) is 14.6. The maximum absolute atomic E-state index is 6.09. The number of aromatic nitrogens is 1. The third-order valence-corrected chi connectivity index (χ3v) is 4.14. The van der Waals surface area contributed by atoms with Crippen LogP contribution in [0.3, 0.4) is 0 Å². The minimum Gasteiger partial charge on any atom is -0.382 e. The summed E-state index contributed by atoms with van der Waals surface area (Å²) < 4.78 is 0. The van der Waals surface area contributed by atoms with E-state index in [1.807, 2.05) is 6.07 Å². The summed E-state index contributed by atoms with van der Waals surface area (Å²) in [7, 11) is 0. The number of halogens is 1. The molecule has 0 radical (unpaired) electrons. The molecule has 2 heterocycles. The number of nitrogens with one attached hydrogen (secondary N) is 1. The molecule has 0 spiro atoms. The molecule has 1 aliphatic rings. The summed E-state index contributed by atoms with van der Waals surface area (Å²) >= 11 is 6.09. The zero-order valence-corrected chi connectivity index (χ0v) is 12.5. The normalized spacial score (nSPS) is 19.3. The van der Waals surface area contributed by atoms with Crippen molar-refractivity contribution in [1.82, 2.24) is 14.8 Å². The molecule has 1 saturated heterocycles. The van der Waals surface area contributed by atoms with Crippen LogP contribution in [-0.2, 0) is 0 Å². The Kier molecular flexibility index (Phi) is 5.43. The number of pyridine rings is 1. The summed E-state index contributed by atoms with van der Waals surface area (Å²) in [6.07, 6.45) is 3.44. The van der Waals surface area contributed by atoms with Crippen LogP contribution in [0.4, 0.5) is 5.69 Å². The third kappa shape index (κ3) is 4.06. The topological polar surface area (TPSA) is 31.4 Å². The van der Waals surface area contributed by atoms with Crippen LogP contribution >= 0.6 is 11.6 Å². The van der Waals surface area contributed by atoms with Gasteiger partial charge in [-0.15, -0.1) is 0 Å². The number of likely N-dealkylation sites (N-methyl/N-ethyl adjacent to an activating group) is 1. The average Bonchev–Trinajstić information content (AvgIpc) is 2.46. The fourth-order valence-corrected chi connectivity index (χ4v) is 2.61. The van der Waals surface area contributed by atoms with Crippen LogP contribution < -0.4 is 5.32 Å². The monoisotopic (exact) mass is 282 g/mol. The Labute approximate surface area is 120 Å². The molecule has 1 aromatic heterocycles. The van der Waals surface area contributed by atoms with Crippen molar-refractivity contribution in [1.29, 1.82) is 0 Å². The molecule has 4 nitrogen and oxygen atoms in total. The lowest BCUT2D eigenvalue weighted by Gasteiger charge is -2.37. The SMILES string of the molecule is CCN1CCN([C@@H](C)CNc2ccncc2Cl)CC1. The van der Waals surface area contributed by atoms with Gasteiger partial charge in [0, 0.05) is 51.2 Å². The van der Waals surface area contributed by atoms with Crippen LogP contribution in [0.1, 0.15) is 13.8 Å². The summed E-state index contributed by atoms with van der Waals surface area (Å²) in [6.45, 7) is 11.2. The third-order valence-electron chi connectivity index (χ3n) is 3.84. The molecular formula is C14H23ClN4. The second-order valence-corrected chi connectivity index (χ2v) is 5.46. The van der Waals surface area contributed by atoms with Gasteiger partial charge in [0.05, 0.1) is 10.7 Å². The van der Waals surface area contributed by atoms with Gasteiger partial charge in [-0.3, -0.25) is 9.88 Å². The van der Waals surface area contributed by atoms with E-state index in [0.717, 1.165) is 31.9 Å². The first-order valence-corrected chi connectivity index (χ1v) is 7.38. The summed E-state index contributed by atoms with van der Waals surface area (Å²) in [5.74, 6) is 0. The molecule has 1 N–H and O–H groups in total. The highest BCUT2D eigenvalue weighted by atomic mass is 35.5. The van der Waals surface area contributed by atoms with Gasteiger partial charge in [0.15, 0.2) is 0 Å². The minimum absolute atomic E-state index is 0.517. The van der Waals surface area contributed by atoms with Crippen LogP contribution in [0, 0.1) is 0 Å². The van der Waals surface area contributed by atoms with Gasteiger partial charge < -0.3 is 10.2 Å². The number of piperazine rings is 1. The Bertz CT molecular complexity index is 391. The van der Waals surface area contributed by atoms with Crippen molar-refractivity contribution in [3.8, 4) is 0 Å². The molecule has 0 amide bonds. The van der Waals surface area contributed by atoms with E-state index in [1.165, 1.54) is 13.1 Å². The molecular weight excluding hydrogens is 260 g/mol. The van der Waals surface area contributed by atoms with Gasteiger partial charge in [-0.25, -0.2) is 0 Å². The molecule has 106 valence electrons. The average molecular weight is 283 g/mol. The highest BCUT2D eigenvalue weighted by molar-refractivity contribution is 6.33. The van der Waals surface area contributed by atoms with E-state index in [9.17, 15) is 0 Å². The second-order valence-electron chi connectivity index (χ2n) is 5.06. The minimum atomic E-state index is 0.517. The number of hydrogen-bond donors (Lipinski definition) is 1. The molecule has 5 heteroatoms. The van der Waals surface area contributed by atoms with Crippen molar-refractivity contribution >= 4 is 17.3 Å². The number of rotatable bonds is 5. The number of anilines is 1. The first-order chi connectivity index (χ1) is 9.20. The van der Waals surface area contributed by atoms with Crippen LogP contribution in [0.15, 0.2) is 18.5 Å². The Morgan fingerprint density at radius 1 is 1.37 bits per heavy atom. The van der Waals surface area contributed by atoms with Crippen LogP contribution in [0.25, 0.3) is 0 Å². The predicted molar refractivity (Wildman–Crippen MR) is 80.9 cm³/mol. The molecule has 19 heavy (non-hydrogen) atoms. The van der Waals surface area contributed by atoms with E-state index < -0.39 is 0 Å². The van der Waals surface area contributed by atoms with E-state index in [-0.39, 0.29) is 0 Å². The molecule has 1 aromatic rings. The highest BCUT2D eigenvalue weighted by Crippen LogP contribution is 2.19. The Balaban J connectivity index is 1.79. The van der Waals surface area contributed by atoms with Crippen LogP contribution in [-0.4, -0.2) is 60.1 Å². The van der Waals surface area contributed by atoms with Gasteiger partial charge in [-0.05, 0) is 19.5 Å². The zero-order valence-electron chi connectivity index (χ0n) is 11.8. The lowest BCUT2D eigenvalue weighted by molar-refractivity contribution is 0.110. The first-order valence-electron chi connectivity index (χ1n) is 7.00. The van der Waals surface area contributed by atoms with Crippen LogP contribution in [0.5, 0.6) is 0 Å². The lowest BCUT2D eigenvalue weighted by Crippen LogP contribution is -2.51. The van der Waals surface area contributed by atoms with E-state index in [0.29, 0.717) is 11.1 Å². The van der Waals surface area contributed by atoms with Crippen molar-refractivity contribution in [3.05, 3.63) is 23.5 Å². The summed E-state index contributed by atoms with van der Waals surface area (Å²) in [5.41, 5.74) is 0.968. The fourth-order valence-electron chi connectivity index (χ4n) is 2.43. The Hall–Kier alpha value is -0.840. The van der Waals surface area contributed by atoms with E-state index in [4.69, 9.17) is 11.6 Å². The Morgan fingerprint density at radius 3 is 2.74 bits per heavy atom. The summed E-state index contributed by atoms with van der Waals surface area (Å²) in [6, 6.07) is 2.44. The Morgan fingerprint density at radius 2 is 2.11 bits per heavy atom. The molecule has 0 bridgehead atoms. The van der Waals surface area contributed by atoms with Crippen molar-refractivity contribution in [3.63, 3.8) is 0 Å². The second kappa shape index (κ2) is 7.08. The van der Waals surface area contributed by atoms with Crippen molar-refractivity contribution in [2.24, 2.45) is 0 Å². The molecule has 0 unspecified atom stereocenters. The van der Waals surface area contributed by atoms with Crippen LogP contribution in [0.2, 0.25) is 5.02 Å². The molecule has 1 fully saturated rings. The number of nitrogens with zero attached hydrogens (tertiary/aromatic N) is 3. The fraction of sp³-hybridized carbons (Fsp3) is 0.643. The van der Waals surface area contributed by atoms with Crippen molar-refractivity contribution in [2.45, 2.75) is 19.9 Å². The van der Waals surface area contributed by atoms with Gasteiger partial charge in [-0.2, -0.15) is 0 Å². The van der Waals surface area contributed by atoms with Crippen molar-refractivity contribution in [2.75, 3.05) is 44.6 Å². The van der Waals surface area contributed by atoms with E-state index in [2.05, 4.69) is 33.9 Å². The molecule has 0 saturated carbocycles. The predicted octanol–water partition coefficient (Wildman–Crippen LogP) is 2.17. The summed E-state index contributed by atoms with van der Waals surface area (Å²) in [5, 5.41) is 4.09. The largest absolute Gasteiger partial charge is 0.382 e. The quantitative estimate of drug-likeness (QED) is 0.897. The van der Waals surface area contributed by atoms with Gasteiger partial charge in [0.1, 0.15) is 0 Å². The van der Waals surface area contributed by atoms with Gasteiger partial charge in [0.25, 0.3) is 0 Å². The smallest absolute Gasteiger partial charge is 0.0820 e. The van der Waals surface area contributed by atoms with Gasteiger partial charge in [-0.1, -0.05) is 18.5 Å². The van der Waals surface area contributed by atoms with Gasteiger partial charge in [0.2, 0.25) is 0 Å². The molecule has 2 rings (SSSR count). The van der Waals surface area contributed by atoms with E-state index >= 15 is 0 Å². The lowest BCUT2D eigenvalue weighted by atomic mass is 10.2. The standard InChI is InChI=1S/C14H23ClN4/c1-3-18-6-8-19(9-7-18)12(2)10-17-14-4-5-16-11-13(14)15/h4-5,11-12H,3,6-10H2,1-2H3,(H,16,17)/t12-/m0/s1. The van der Waals surface area contributed by atoms with E-state index in [1.54, 1.807) is 12.4 Å². The number of hydrogen-bond acceptors (Lipinski definition) is 4. The highest BCUT2D eigenvalue weighted by Gasteiger charge is 2.19. The maximum atomic E-state index is 6.09. The molecule has 1 atom stereocenters. The summed E-state index contributed by atoms with van der Waals surface area (Å²) in [4.78, 5) is 9.02. The maximum Gasteiger partial charge on any atom is 0.0820 e. The van der Waals surface area contributed by atoms with Crippen molar-refractivity contribution < 1.29 is 0 Å². The zero-order chi connectivity index (χ0) is 13.7. The molecule has 0 aromatic carbocycles.